The summed E-state index contributed by atoms with van der Waals surface area (Å²) in [5.41, 5.74) is 1.25. The highest BCUT2D eigenvalue weighted by atomic mass is 16.5. The van der Waals surface area contributed by atoms with Gasteiger partial charge in [0.1, 0.15) is 11.5 Å². The third-order valence-corrected chi connectivity index (χ3v) is 9.01. The number of ether oxygens (including phenoxy) is 2. The molecule has 1 heterocycles. The molecule has 1 aromatic heterocycles. The molecule has 34 heavy (non-hydrogen) atoms. The van der Waals surface area contributed by atoms with Crippen LogP contribution in [0.3, 0.4) is 0 Å². The van der Waals surface area contributed by atoms with E-state index >= 15 is 0 Å². The highest BCUT2D eigenvalue weighted by Crippen LogP contribution is 2.64. The number of pyridine rings is 1. The van der Waals surface area contributed by atoms with Crippen LogP contribution in [0.1, 0.15) is 75.5 Å². The summed E-state index contributed by atoms with van der Waals surface area (Å²) in [6.45, 7) is 9.15. The van der Waals surface area contributed by atoms with Crippen molar-refractivity contribution in [1.29, 1.82) is 0 Å². The van der Waals surface area contributed by atoms with E-state index < -0.39 is 6.10 Å². The molecule has 2 aromatic rings. The summed E-state index contributed by atoms with van der Waals surface area (Å²) in [6, 6.07) is 11.1. The van der Waals surface area contributed by atoms with Crippen LogP contribution in [-0.2, 0) is 0 Å². The molecule has 1 aromatic carbocycles. The third kappa shape index (κ3) is 4.24. The molecule has 1 N–H and O–H groups in total. The van der Waals surface area contributed by atoms with Crippen molar-refractivity contribution in [3.63, 3.8) is 0 Å². The molecule has 2 fully saturated rings. The second kappa shape index (κ2) is 9.33. The topological polar surface area (TPSA) is 68.7 Å². The molecule has 5 heteroatoms. The smallest absolute Gasteiger partial charge is 0.167 e. The lowest BCUT2D eigenvalue weighted by Gasteiger charge is -2.61. The molecule has 2 aliphatic carbocycles. The number of carbonyl (C=O) groups excluding carboxylic acids is 1. The van der Waals surface area contributed by atoms with E-state index in [0.717, 1.165) is 25.7 Å². The Labute approximate surface area is 203 Å². The number of aliphatic hydroxyl groups is 1. The zero-order valence-corrected chi connectivity index (χ0v) is 21.4. The summed E-state index contributed by atoms with van der Waals surface area (Å²) < 4.78 is 10.9. The first kappa shape index (κ1) is 24.7. The zero-order chi connectivity index (χ0) is 24.7. The van der Waals surface area contributed by atoms with Gasteiger partial charge in [0.15, 0.2) is 5.78 Å². The summed E-state index contributed by atoms with van der Waals surface area (Å²) >= 11 is 0. The Balaban J connectivity index is 1.80. The monoisotopic (exact) mass is 465 g/mol. The van der Waals surface area contributed by atoms with Crippen molar-refractivity contribution in [3.05, 3.63) is 53.9 Å². The average molecular weight is 466 g/mol. The first-order chi connectivity index (χ1) is 16.1. The van der Waals surface area contributed by atoms with Gasteiger partial charge in [-0.15, -0.1) is 0 Å². The largest absolute Gasteiger partial charge is 0.497 e. The van der Waals surface area contributed by atoms with E-state index in [0.29, 0.717) is 28.7 Å². The van der Waals surface area contributed by atoms with Crippen molar-refractivity contribution in [2.45, 2.75) is 59.5 Å². The molecule has 0 spiro atoms. The molecule has 0 bridgehead atoms. The highest BCUT2D eigenvalue weighted by molar-refractivity contribution is 5.99. The highest BCUT2D eigenvalue weighted by Gasteiger charge is 2.59. The van der Waals surface area contributed by atoms with Crippen molar-refractivity contribution in [3.8, 4) is 11.5 Å². The Morgan fingerprint density at radius 3 is 2.35 bits per heavy atom. The summed E-state index contributed by atoms with van der Waals surface area (Å²) in [5.74, 6) is 1.40. The third-order valence-electron chi connectivity index (χ3n) is 9.01. The summed E-state index contributed by atoms with van der Waals surface area (Å²) in [7, 11) is 3.21. The second-order valence-electron chi connectivity index (χ2n) is 11.3. The molecule has 0 saturated heterocycles. The van der Waals surface area contributed by atoms with Gasteiger partial charge in [0, 0.05) is 23.7 Å². The van der Waals surface area contributed by atoms with Gasteiger partial charge in [0.25, 0.3) is 0 Å². The molecule has 0 aliphatic heterocycles. The molecule has 184 valence electrons. The van der Waals surface area contributed by atoms with Gasteiger partial charge in [0.05, 0.1) is 26.0 Å². The molecule has 6 atom stereocenters. The SMILES string of the molecule is COc1cc(OC)cc(C(=O)[C@H]2[C@H](C)C(C(O)c3ccccn3)CC3C(C)(C)CCC[C@@]32C)c1. The van der Waals surface area contributed by atoms with Crippen LogP contribution in [0.15, 0.2) is 42.6 Å². The van der Waals surface area contributed by atoms with Gasteiger partial charge in [-0.3, -0.25) is 9.78 Å². The Hall–Kier alpha value is -2.40. The van der Waals surface area contributed by atoms with Crippen LogP contribution in [0, 0.1) is 34.5 Å². The molecule has 0 radical (unpaired) electrons. The number of nitrogens with zero attached hydrogens (tertiary/aromatic N) is 1. The van der Waals surface area contributed by atoms with Crippen LogP contribution < -0.4 is 9.47 Å². The number of aliphatic hydroxyl groups excluding tert-OH is 1. The number of methoxy groups -OCH3 is 2. The van der Waals surface area contributed by atoms with E-state index in [1.807, 2.05) is 30.3 Å². The van der Waals surface area contributed by atoms with E-state index in [2.05, 4.69) is 32.7 Å². The van der Waals surface area contributed by atoms with Crippen LogP contribution in [0.5, 0.6) is 11.5 Å². The van der Waals surface area contributed by atoms with Crippen LogP contribution in [0.4, 0.5) is 0 Å². The maximum atomic E-state index is 14.3. The summed E-state index contributed by atoms with van der Waals surface area (Å²) in [4.78, 5) is 18.8. The number of rotatable bonds is 6. The molecule has 3 unspecified atom stereocenters. The standard InChI is InChI=1S/C29H39NO4/c1-18-22(27(32)23-10-7-8-13-30-23)17-24-28(2,3)11-9-12-29(24,4)25(18)26(31)19-14-20(33-5)16-21(15-19)34-6/h7-8,10,13-16,18,22,24-25,27,32H,9,11-12,17H2,1-6H3/t18-,22?,24?,25-,27?,29+/m1/s1. The van der Waals surface area contributed by atoms with Crippen molar-refractivity contribution in [2.75, 3.05) is 14.2 Å². The fourth-order valence-electron chi connectivity index (χ4n) is 7.32. The first-order valence-corrected chi connectivity index (χ1v) is 12.5. The van der Waals surface area contributed by atoms with Gasteiger partial charge in [-0.1, -0.05) is 40.2 Å². The van der Waals surface area contributed by atoms with Gasteiger partial charge >= 0.3 is 0 Å². The van der Waals surface area contributed by atoms with Gasteiger partial charge in [-0.2, -0.15) is 0 Å². The van der Waals surface area contributed by atoms with Crippen LogP contribution in [0.25, 0.3) is 0 Å². The average Bonchev–Trinajstić information content (AvgIpc) is 2.82. The number of hydrogen-bond acceptors (Lipinski definition) is 5. The van der Waals surface area contributed by atoms with Gasteiger partial charge in [-0.25, -0.2) is 0 Å². The number of carbonyl (C=O) groups is 1. The minimum Gasteiger partial charge on any atom is -0.497 e. The second-order valence-corrected chi connectivity index (χ2v) is 11.3. The van der Waals surface area contributed by atoms with Crippen LogP contribution >= 0.6 is 0 Å². The minimum absolute atomic E-state index is 0.00291. The number of hydrogen-bond donors (Lipinski definition) is 1. The fraction of sp³-hybridized carbons (Fsp3) is 0.586. The predicted molar refractivity (Wildman–Crippen MR) is 133 cm³/mol. The molecule has 4 rings (SSSR count). The maximum absolute atomic E-state index is 14.3. The van der Waals surface area contributed by atoms with E-state index in [9.17, 15) is 9.90 Å². The molecule has 5 nitrogen and oxygen atoms in total. The molecular weight excluding hydrogens is 426 g/mol. The lowest BCUT2D eigenvalue weighted by molar-refractivity contribution is -0.124. The summed E-state index contributed by atoms with van der Waals surface area (Å²) in [6.07, 6.45) is 5.20. The lowest BCUT2D eigenvalue weighted by Crippen LogP contribution is -2.56. The van der Waals surface area contributed by atoms with Crippen LogP contribution in [-0.4, -0.2) is 30.1 Å². The fourth-order valence-corrected chi connectivity index (χ4v) is 7.32. The summed E-state index contributed by atoms with van der Waals surface area (Å²) in [5, 5.41) is 11.5. The van der Waals surface area contributed by atoms with E-state index in [1.54, 1.807) is 26.5 Å². The first-order valence-electron chi connectivity index (χ1n) is 12.5. The van der Waals surface area contributed by atoms with Gasteiger partial charge < -0.3 is 14.6 Å². The Bertz CT molecular complexity index is 998. The molecule has 0 amide bonds. The minimum atomic E-state index is -0.700. The predicted octanol–water partition coefficient (Wildman–Crippen LogP) is 6.12. The maximum Gasteiger partial charge on any atom is 0.167 e. The Kier molecular flexibility index (Phi) is 6.78. The van der Waals surface area contributed by atoms with E-state index in [4.69, 9.17) is 9.47 Å². The molecule has 2 aliphatic rings. The number of benzene rings is 1. The van der Waals surface area contributed by atoms with Gasteiger partial charge in [-0.05, 0) is 72.1 Å². The van der Waals surface area contributed by atoms with Crippen molar-refractivity contribution in [1.82, 2.24) is 4.98 Å². The molecule has 2 saturated carbocycles. The lowest BCUT2D eigenvalue weighted by atomic mass is 9.43. The normalized spacial score (nSPS) is 31.3. The van der Waals surface area contributed by atoms with Crippen molar-refractivity contribution in [2.24, 2.45) is 34.5 Å². The zero-order valence-electron chi connectivity index (χ0n) is 21.4. The number of ketones is 1. The number of fused-ring (bicyclic) bond motifs is 1. The van der Waals surface area contributed by atoms with Gasteiger partial charge in [0.2, 0.25) is 0 Å². The van der Waals surface area contributed by atoms with E-state index in [-0.39, 0.29) is 34.4 Å². The van der Waals surface area contributed by atoms with E-state index in [1.165, 1.54) is 0 Å². The van der Waals surface area contributed by atoms with Crippen molar-refractivity contribution >= 4 is 5.78 Å². The quantitative estimate of drug-likeness (QED) is 0.521. The Morgan fingerprint density at radius 2 is 1.76 bits per heavy atom. The number of Topliss-reactive ketones (excluding diaryl/α,β-unsaturated/α-hetero) is 1. The van der Waals surface area contributed by atoms with Crippen LogP contribution in [0.2, 0.25) is 0 Å². The number of aromatic nitrogens is 1. The Morgan fingerprint density at radius 1 is 1.09 bits per heavy atom. The van der Waals surface area contributed by atoms with Crippen molar-refractivity contribution < 1.29 is 19.4 Å². The molecular formula is C29H39NO4.